The number of ether oxygens (including phenoxy) is 2. The smallest absolute Gasteiger partial charge is 0.0701 e. The van der Waals surface area contributed by atoms with Gasteiger partial charge in [0.1, 0.15) is 0 Å². The van der Waals surface area contributed by atoms with E-state index in [9.17, 15) is 0 Å². The van der Waals surface area contributed by atoms with E-state index in [2.05, 4.69) is 13.8 Å². The second-order valence-electron chi connectivity index (χ2n) is 4.91. The van der Waals surface area contributed by atoms with Crippen molar-refractivity contribution in [1.82, 2.24) is 0 Å². The van der Waals surface area contributed by atoms with Crippen molar-refractivity contribution in [2.24, 2.45) is 5.92 Å². The molecule has 0 aliphatic carbocycles. The third-order valence-corrected chi connectivity index (χ3v) is 3.14. The normalized spacial score (nSPS) is 12.8. The molecule has 110 valence electrons. The maximum absolute atomic E-state index is 8.56. The van der Waals surface area contributed by atoms with Crippen molar-refractivity contribution in [1.29, 1.82) is 0 Å². The van der Waals surface area contributed by atoms with Gasteiger partial charge in [-0.2, -0.15) is 0 Å². The molecule has 0 aromatic heterocycles. The van der Waals surface area contributed by atoms with E-state index in [1.165, 1.54) is 44.9 Å². The molecule has 0 aromatic carbocycles. The Balaban J connectivity index is 3.51. The van der Waals surface area contributed by atoms with Crippen molar-refractivity contribution in [3.05, 3.63) is 0 Å². The highest BCUT2D eigenvalue weighted by Gasteiger charge is 2.08. The van der Waals surface area contributed by atoms with Crippen molar-refractivity contribution in [3.63, 3.8) is 0 Å². The zero-order chi connectivity index (χ0) is 13.5. The third kappa shape index (κ3) is 12.3. The topological polar surface area (TPSA) is 38.7 Å². The number of aliphatic hydroxyl groups is 1. The van der Waals surface area contributed by atoms with Crippen LogP contribution in [0.4, 0.5) is 0 Å². The highest BCUT2D eigenvalue weighted by atomic mass is 16.5. The molecule has 0 radical (unpaired) electrons. The Bertz CT molecular complexity index is 151. The maximum atomic E-state index is 8.56. The van der Waals surface area contributed by atoms with Gasteiger partial charge in [0.25, 0.3) is 0 Å². The first kappa shape index (κ1) is 17.9. The van der Waals surface area contributed by atoms with Crippen molar-refractivity contribution < 1.29 is 14.6 Å². The molecule has 0 saturated heterocycles. The molecule has 0 aliphatic heterocycles. The molecule has 0 aromatic rings. The fraction of sp³-hybridized carbons (Fsp3) is 1.00. The van der Waals surface area contributed by atoms with E-state index >= 15 is 0 Å². The summed E-state index contributed by atoms with van der Waals surface area (Å²) in [6.45, 7) is 7.11. The number of unbranched alkanes of at least 4 members (excludes halogenated alkanes) is 3. The summed E-state index contributed by atoms with van der Waals surface area (Å²) in [6.07, 6.45) is 9.11. The largest absolute Gasteiger partial charge is 0.394 e. The molecule has 1 N–H and O–H groups in total. The number of rotatable bonds is 14. The summed E-state index contributed by atoms with van der Waals surface area (Å²) in [4.78, 5) is 0. The van der Waals surface area contributed by atoms with Crippen LogP contribution in [0.5, 0.6) is 0 Å². The number of hydrogen-bond acceptors (Lipinski definition) is 3. The second kappa shape index (κ2) is 14.9. The van der Waals surface area contributed by atoms with Gasteiger partial charge in [0.2, 0.25) is 0 Å². The Hall–Kier alpha value is -0.120. The first-order valence-electron chi connectivity index (χ1n) is 7.61. The zero-order valence-corrected chi connectivity index (χ0v) is 12.3. The Kier molecular flexibility index (Phi) is 14.8. The van der Waals surface area contributed by atoms with E-state index in [1.54, 1.807) is 0 Å². The quantitative estimate of drug-likeness (QED) is 0.486. The molecule has 0 aliphatic rings. The van der Waals surface area contributed by atoms with E-state index < -0.39 is 0 Å². The highest BCUT2D eigenvalue weighted by molar-refractivity contribution is 4.59. The number of hydrogen-bond donors (Lipinski definition) is 1. The summed E-state index contributed by atoms with van der Waals surface area (Å²) in [5, 5.41) is 8.56. The van der Waals surface area contributed by atoms with Gasteiger partial charge in [0, 0.05) is 6.61 Å². The van der Waals surface area contributed by atoms with E-state index in [-0.39, 0.29) is 6.61 Å². The molecule has 0 spiro atoms. The van der Waals surface area contributed by atoms with Crippen LogP contribution < -0.4 is 0 Å². The molecule has 3 heteroatoms. The lowest BCUT2D eigenvalue weighted by Crippen LogP contribution is -2.14. The Morgan fingerprint density at radius 2 is 1.50 bits per heavy atom. The van der Waals surface area contributed by atoms with Crippen molar-refractivity contribution in [2.45, 2.75) is 58.8 Å². The summed E-state index contributed by atoms with van der Waals surface area (Å²) in [6, 6.07) is 0. The van der Waals surface area contributed by atoms with Gasteiger partial charge in [-0.15, -0.1) is 0 Å². The Morgan fingerprint density at radius 3 is 2.17 bits per heavy atom. The van der Waals surface area contributed by atoms with Crippen LogP contribution in [-0.4, -0.2) is 38.1 Å². The molecular weight excluding hydrogens is 228 g/mol. The summed E-state index contributed by atoms with van der Waals surface area (Å²) in [7, 11) is 0. The van der Waals surface area contributed by atoms with Crippen LogP contribution in [0.15, 0.2) is 0 Å². The monoisotopic (exact) mass is 260 g/mol. The Labute approximate surface area is 113 Å². The van der Waals surface area contributed by atoms with Gasteiger partial charge in [0.15, 0.2) is 0 Å². The minimum atomic E-state index is 0.0934. The van der Waals surface area contributed by atoms with Crippen LogP contribution >= 0.6 is 0 Å². The lowest BCUT2D eigenvalue weighted by molar-refractivity contribution is 0.0195. The molecular formula is C15H32O3. The van der Waals surface area contributed by atoms with Crippen LogP contribution in [0.25, 0.3) is 0 Å². The van der Waals surface area contributed by atoms with E-state index in [1.807, 2.05) is 0 Å². The molecule has 0 rings (SSSR count). The summed E-state index contributed by atoms with van der Waals surface area (Å²) < 4.78 is 10.8. The minimum Gasteiger partial charge on any atom is -0.394 e. The molecule has 1 atom stereocenters. The lowest BCUT2D eigenvalue weighted by atomic mass is 9.96. The summed E-state index contributed by atoms with van der Waals surface area (Å²) >= 11 is 0. The van der Waals surface area contributed by atoms with Crippen LogP contribution in [0, 0.1) is 5.92 Å². The van der Waals surface area contributed by atoms with Crippen molar-refractivity contribution >= 4 is 0 Å². The summed E-state index contributed by atoms with van der Waals surface area (Å²) in [5.74, 6) is 0.717. The maximum Gasteiger partial charge on any atom is 0.0701 e. The molecule has 0 fully saturated rings. The fourth-order valence-corrected chi connectivity index (χ4v) is 2.02. The predicted octanol–water partition coefficient (Wildman–Crippen LogP) is 3.40. The van der Waals surface area contributed by atoms with E-state index in [4.69, 9.17) is 14.6 Å². The van der Waals surface area contributed by atoms with Gasteiger partial charge in [-0.25, -0.2) is 0 Å². The zero-order valence-electron chi connectivity index (χ0n) is 12.3. The third-order valence-electron chi connectivity index (χ3n) is 3.14. The lowest BCUT2D eigenvalue weighted by Gasteiger charge is -2.16. The SMILES string of the molecule is CCCCCC(CCCC)COCCOCCO. The molecule has 0 saturated carbocycles. The Morgan fingerprint density at radius 1 is 0.833 bits per heavy atom. The van der Waals surface area contributed by atoms with Crippen LogP contribution in [-0.2, 0) is 9.47 Å². The van der Waals surface area contributed by atoms with Gasteiger partial charge in [-0.05, 0) is 18.8 Å². The van der Waals surface area contributed by atoms with E-state index in [0.717, 1.165) is 6.61 Å². The van der Waals surface area contributed by atoms with Crippen LogP contribution in [0.2, 0.25) is 0 Å². The standard InChI is InChI=1S/C15H32O3/c1-3-5-7-9-15(8-6-4-2)14-18-13-12-17-11-10-16/h15-16H,3-14H2,1-2H3. The summed E-state index contributed by atoms with van der Waals surface area (Å²) in [5.41, 5.74) is 0. The van der Waals surface area contributed by atoms with Crippen LogP contribution in [0.1, 0.15) is 58.8 Å². The van der Waals surface area contributed by atoms with Gasteiger partial charge in [0.05, 0.1) is 26.4 Å². The van der Waals surface area contributed by atoms with Crippen LogP contribution in [0.3, 0.4) is 0 Å². The molecule has 0 bridgehead atoms. The molecule has 3 nitrogen and oxygen atoms in total. The second-order valence-corrected chi connectivity index (χ2v) is 4.91. The minimum absolute atomic E-state index is 0.0934. The molecule has 18 heavy (non-hydrogen) atoms. The van der Waals surface area contributed by atoms with Gasteiger partial charge in [-0.3, -0.25) is 0 Å². The number of aliphatic hydroxyl groups excluding tert-OH is 1. The highest BCUT2D eigenvalue weighted by Crippen LogP contribution is 2.17. The first-order chi connectivity index (χ1) is 8.85. The van der Waals surface area contributed by atoms with Crippen molar-refractivity contribution in [2.75, 3.05) is 33.0 Å². The fourth-order valence-electron chi connectivity index (χ4n) is 2.02. The molecule has 1 unspecified atom stereocenters. The average Bonchev–Trinajstić information content (AvgIpc) is 2.39. The predicted molar refractivity (Wildman–Crippen MR) is 75.9 cm³/mol. The average molecular weight is 260 g/mol. The van der Waals surface area contributed by atoms with Gasteiger partial charge >= 0.3 is 0 Å². The molecule has 0 amide bonds. The van der Waals surface area contributed by atoms with Crippen molar-refractivity contribution in [3.8, 4) is 0 Å². The van der Waals surface area contributed by atoms with Gasteiger partial charge < -0.3 is 14.6 Å². The van der Waals surface area contributed by atoms with E-state index in [0.29, 0.717) is 25.7 Å². The van der Waals surface area contributed by atoms with Gasteiger partial charge in [-0.1, -0.05) is 46.0 Å². The molecule has 0 heterocycles. The first-order valence-corrected chi connectivity index (χ1v) is 7.61.